The van der Waals surface area contributed by atoms with Crippen molar-refractivity contribution in [1.29, 1.82) is 0 Å². The quantitative estimate of drug-likeness (QED) is 0.909. The Labute approximate surface area is 117 Å². The molecule has 1 N–H and O–H groups in total. The molecule has 0 saturated carbocycles. The van der Waals surface area contributed by atoms with Gasteiger partial charge in [-0.1, -0.05) is 30.3 Å². The van der Waals surface area contributed by atoms with E-state index in [-0.39, 0.29) is 17.2 Å². The molecule has 1 aromatic heterocycles. The summed E-state index contributed by atoms with van der Waals surface area (Å²) in [5.74, 6) is -1.02. The first-order valence-electron chi connectivity index (χ1n) is 6.57. The standard InChI is InChI=1S/C16H17NO3/c1-12(7-8-13-5-3-2-4-6-13)17-11-14(16(19)20)9-10-15(17)18/h2-6,9-12H,7-8H2,1H3,(H,19,20). The lowest BCUT2D eigenvalue weighted by Crippen LogP contribution is -2.23. The molecule has 0 fully saturated rings. The van der Waals surface area contributed by atoms with Crippen LogP contribution >= 0.6 is 0 Å². The van der Waals surface area contributed by atoms with E-state index in [1.54, 1.807) is 0 Å². The summed E-state index contributed by atoms with van der Waals surface area (Å²) in [5.41, 5.74) is 1.17. The number of carbonyl (C=O) groups is 1. The van der Waals surface area contributed by atoms with E-state index >= 15 is 0 Å². The Morgan fingerprint density at radius 3 is 2.55 bits per heavy atom. The number of benzene rings is 1. The second-order valence-corrected chi connectivity index (χ2v) is 4.84. The van der Waals surface area contributed by atoms with E-state index in [1.807, 2.05) is 37.3 Å². The molecule has 0 aliphatic rings. The van der Waals surface area contributed by atoms with Gasteiger partial charge in [0.1, 0.15) is 0 Å². The van der Waals surface area contributed by atoms with Crippen molar-refractivity contribution in [1.82, 2.24) is 4.57 Å². The predicted octanol–water partition coefficient (Wildman–Crippen LogP) is 2.74. The van der Waals surface area contributed by atoms with Crippen molar-refractivity contribution in [2.24, 2.45) is 0 Å². The lowest BCUT2D eigenvalue weighted by Gasteiger charge is -2.15. The molecule has 0 spiro atoms. The lowest BCUT2D eigenvalue weighted by atomic mass is 10.1. The van der Waals surface area contributed by atoms with Crippen molar-refractivity contribution in [3.8, 4) is 0 Å². The Morgan fingerprint density at radius 1 is 1.20 bits per heavy atom. The van der Waals surface area contributed by atoms with Crippen LogP contribution in [0.2, 0.25) is 0 Å². The van der Waals surface area contributed by atoms with Gasteiger partial charge in [-0.2, -0.15) is 0 Å². The van der Waals surface area contributed by atoms with Crippen LogP contribution in [0.5, 0.6) is 0 Å². The van der Waals surface area contributed by atoms with Crippen LogP contribution in [0.1, 0.15) is 35.3 Å². The van der Waals surface area contributed by atoms with Crippen LogP contribution in [0.4, 0.5) is 0 Å². The third-order valence-corrected chi connectivity index (χ3v) is 3.35. The molecule has 2 aromatic rings. The Balaban J connectivity index is 2.12. The molecule has 0 amide bonds. The second-order valence-electron chi connectivity index (χ2n) is 4.84. The number of hydrogen-bond acceptors (Lipinski definition) is 2. The van der Waals surface area contributed by atoms with Gasteiger partial charge in [-0.25, -0.2) is 4.79 Å². The monoisotopic (exact) mass is 271 g/mol. The summed E-state index contributed by atoms with van der Waals surface area (Å²) in [6.45, 7) is 1.93. The zero-order valence-electron chi connectivity index (χ0n) is 11.3. The normalized spacial score (nSPS) is 12.1. The highest BCUT2D eigenvalue weighted by Crippen LogP contribution is 2.13. The van der Waals surface area contributed by atoms with Crippen LogP contribution in [-0.4, -0.2) is 15.6 Å². The number of aryl methyl sites for hydroxylation is 1. The molecule has 0 aliphatic heterocycles. The van der Waals surface area contributed by atoms with Gasteiger partial charge in [0.25, 0.3) is 5.56 Å². The Bertz CT molecular complexity index is 646. The van der Waals surface area contributed by atoms with Gasteiger partial charge in [0.15, 0.2) is 0 Å². The summed E-state index contributed by atoms with van der Waals surface area (Å²) >= 11 is 0. The Morgan fingerprint density at radius 2 is 1.90 bits per heavy atom. The van der Waals surface area contributed by atoms with E-state index in [4.69, 9.17) is 5.11 Å². The maximum absolute atomic E-state index is 11.8. The largest absolute Gasteiger partial charge is 0.478 e. The summed E-state index contributed by atoms with van der Waals surface area (Å²) in [6, 6.07) is 12.6. The molecule has 104 valence electrons. The number of pyridine rings is 1. The van der Waals surface area contributed by atoms with Crippen LogP contribution in [0.3, 0.4) is 0 Å². The molecule has 0 saturated heterocycles. The molecule has 1 heterocycles. The average Bonchev–Trinajstić information content (AvgIpc) is 2.46. The van der Waals surface area contributed by atoms with E-state index in [9.17, 15) is 9.59 Å². The number of rotatable bonds is 5. The van der Waals surface area contributed by atoms with Crippen LogP contribution in [0.15, 0.2) is 53.5 Å². The van der Waals surface area contributed by atoms with E-state index in [1.165, 1.54) is 28.5 Å². The topological polar surface area (TPSA) is 59.3 Å². The number of carboxylic acids is 1. The first-order valence-corrected chi connectivity index (χ1v) is 6.57. The first-order chi connectivity index (χ1) is 9.58. The van der Waals surface area contributed by atoms with Crippen molar-refractivity contribution < 1.29 is 9.90 Å². The smallest absolute Gasteiger partial charge is 0.337 e. The molecule has 20 heavy (non-hydrogen) atoms. The minimum absolute atomic E-state index is 0.0398. The fourth-order valence-electron chi connectivity index (χ4n) is 2.13. The van der Waals surface area contributed by atoms with Crippen molar-refractivity contribution >= 4 is 5.97 Å². The fourth-order valence-corrected chi connectivity index (χ4v) is 2.13. The van der Waals surface area contributed by atoms with E-state index < -0.39 is 5.97 Å². The van der Waals surface area contributed by atoms with Crippen LogP contribution in [-0.2, 0) is 6.42 Å². The molecule has 2 rings (SSSR count). The van der Waals surface area contributed by atoms with Crippen molar-refractivity contribution in [2.45, 2.75) is 25.8 Å². The van der Waals surface area contributed by atoms with Gasteiger partial charge in [0, 0.05) is 18.3 Å². The molecule has 0 bridgehead atoms. The number of aromatic carboxylic acids is 1. The SMILES string of the molecule is CC(CCc1ccccc1)n1cc(C(=O)O)ccc1=O. The van der Waals surface area contributed by atoms with E-state index in [2.05, 4.69) is 0 Å². The molecule has 0 aliphatic carbocycles. The number of carboxylic acid groups (broad SMARTS) is 1. The minimum Gasteiger partial charge on any atom is -0.478 e. The average molecular weight is 271 g/mol. The third kappa shape index (κ3) is 3.35. The van der Waals surface area contributed by atoms with E-state index in [0.717, 1.165) is 12.8 Å². The van der Waals surface area contributed by atoms with Crippen LogP contribution in [0.25, 0.3) is 0 Å². The van der Waals surface area contributed by atoms with Crippen LogP contribution in [0, 0.1) is 0 Å². The maximum Gasteiger partial charge on any atom is 0.337 e. The highest BCUT2D eigenvalue weighted by molar-refractivity contribution is 5.87. The van der Waals surface area contributed by atoms with Crippen molar-refractivity contribution in [2.75, 3.05) is 0 Å². The van der Waals surface area contributed by atoms with Gasteiger partial charge in [0.2, 0.25) is 0 Å². The minimum atomic E-state index is -1.02. The van der Waals surface area contributed by atoms with Crippen molar-refractivity contribution in [3.63, 3.8) is 0 Å². The van der Waals surface area contributed by atoms with E-state index in [0.29, 0.717) is 0 Å². The number of hydrogen-bond donors (Lipinski definition) is 1. The lowest BCUT2D eigenvalue weighted by molar-refractivity contribution is 0.0695. The van der Waals surface area contributed by atoms with Crippen LogP contribution < -0.4 is 5.56 Å². The summed E-state index contributed by atoms with van der Waals surface area (Å²) in [4.78, 5) is 22.8. The molecule has 4 nitrogen and oxygen atoms in total. The van der Waals surface area contributed by atoms with Gasteiger partial charge < -0.3 is 9.67 Å². The Hall–Kier alpha value is -2.36. The predicted molar refractivity (Wildman–Crippen MR) is 77.1 cm³/mol. The molecule has 1 aromatic carbocycles. The van der Waals surface area contributed by atoms with Gasteiger partial charge in [0.05, 0.1) is 5.56 Å². The molecule has 4 heteroatoms. The fraction of sp³-hybridized carbons (Fsp3) is 0.250. The third-order valence-electron chi connectivity index (χ3n) is 3.35. The zero-order chi connectivity index (χ0) is 14.5. The molecular formula is C16H17NO3. The second kappa shape index (κ2) is 6.19. The van der Waals surface area contributed by atoms with Gasteiger partial charge in [-0.15, -0.1) is 0 Å². The summed E-state index contributed by atoms with van der Waals surface area (Å²) in [5, 5.41) is 8.97. The summed E-state index contributed by atoms with van der Waals surface area (Å²) in [7, 11) is 0. The Kier molecular flexibility index (Phi) is 4.35. The summed E-state index contributed by atoms with van der Waals surface area (Å²) in [6.07, 6.45) is 3.05. The molecule has 1 unspecified atom stereocenters. The highest BCUT2D eigenvalue weighted by Gasteiger charge is 2.10. The molecule has 0 radical (unpaired) electrons. The first kappa shape index (κ1) is 14.1. The summed E-state index contributed by atoms with van der Waals surface area (Å²) < 4.78 is 1.49. The highest BCUT2D eigenvalue weighted by atomic mass is 16.4. The van der Waals surface area contributed by atoms with Gasteiger partial charge in [-0.3, -0.25) is 4.79 Å². The molecular weight excluding hydrogens is 254 g/mol. The zero-order valence-corrected chi connectivity index (χ0v) is 11.3. The number of nitrogens with zero attached hydrogens (tertiary/aromatic N) is 1. The number of aromatic nitrogens is 1. The maximum atomic E-state index is 11.8. The van der Waals surface area contributed by atoms with Crippen molar-refractivity contribution in [3.05, 3.63) is 70.1 Å². The van der Waals surface area contributed by atoms with Gasteiger partial charge in [-0.05, 0) is 31.4 Å². The van der Waals surface area contributed by atoms with Gasteiger partial charge >= 0.3 is 5.97 Å². The molecule has 1 atom stereocenters.